The molecular formula is C15H19F3N2O3. The van der Waals surface area contributed by atoms with Crippen molar-refractivity contribution in [3.63, 3.8) is 0 Å². The highest BCUT2D eigenvalue weighted by Crippen LogP contribution is 2.35. The van der Waals surface area contributed by atoms with E-state index in [1.54, 1.807) is 11.8 Å². The number of β-amino-alcohol motifs (C(OH)–C–C–N with tert-alkyl or cyclic N) is 1. The molecule has 23 heavy (non-hydrogen) atoms. The van der Waals surface area contributed by atoms with E-state index in [4.69, 9.17) is 4.74 Å². The molecule has 0 bridgehead atoms. The molecule has 5 nitrogen and oxygen atoms in total. The molecule has 1 aromatic carbocycles. The number of carbonyl (C=O) groups is 1. The van der Waals surface area contributed by atoms with Crippen molar-refractivity contribution >= 4 is 5.91 Å². The highest BCUT2D eigenvalue weighted by Gasteiger charge is 2.34. The van der Waals surface area contributed by atoms with Gasteiger partial charge in [0.25, 0.3) is 0 Å². The Morgan fingerprint density at radius 3 is 2.83 bits per heavy atom. The fraction of sp³-hybridized carbons (Fsp3) is 0.533. The van der Waals surface area contributed by atoms with Gasteiger partial charge in [-0.05, 0) is 19.1 Å². The van der Waals surface area contributed by atoms with Crippen molar-refractivity contribution < 1.29 is 27.8 Å². The average Bonchev–Trinajstić information content (AvgIpc) is 2.49. The number of carbonyl (C=O) groups excluding carboxylic acids is 1. The van der Waals surface area contributed by atoms with Gasteiger partial charge in [0, 0.05) is 19.6 Å². The van der Waals surface area contributed by atoms with E-state index in [0.717, 1.165) is 6.07 Å². The minimum absolute atomic E-state index is 0.133. The van der Waals surface area contributed by atoms with Gasteiger partial charge in [-0.1, -0.05) is 12.1 Å². The molecule has 1 heterocycles. The third-order valence-corrected chi connectivity index (χ3v) is 3.69. The number of alkyl halides is 3. The Balaban J connectivity index is 1.92. The largest absolute Gasteiger partial charge is 0.490 e. The predicted octanol–water partition coefficient (Wildman–Crippen LogP) is 1.27. The van der Waals surface area contributed by atoms with Crippen LogP contribution in [0.4, 0.5) is 13.2 Å². The lowest BCUT2D eigenvalue weighted by atomic mass is 10.2. The number of benzene rings is 1. The SMILES string of the molecule is C[C@@H]1C(=O)NCCN1C[C@H](O)COc1ccccc1C(F)(F)F. The number of halogens is 3. The standard InChI is InChI=1S/C15H19F3N2O3/c1-10-14(22)19-6-7-20(10)8-11(21)9-23-13-5-3-2-4-12(13)15(16,17)18/h2-5,10-11,21H,6-9H2,1H3,(H,19,22)/t10-,11+/m1/s1. The third-order valence-electron chi connectivity index (χ3n) is 3.69. The number of aliphatic hydroxyl groups is 1. The molecule has 0 unspecified atom stereocenters. The van der Waals surface area contributed by atoms with Crippen LogP contribution in [-0.4, -0.2) is 54.3 Å². The first kappa shape index (κ1) is 17.6. The summed E-state index contributed by atoms with van der Waals surface area (Å²) in [5.74, 6) is -0.449. The summed E-state index contributed by atoms with van der Waals surface area (Å²) in [6.45, 7) is 2.64. The fourth-order valence-electron chi connectivity index (χ4n) is 2.42. The molecule has 1 aliphatic heterocycles. The topological polar surface area (TPSA) is 61.8 Å². The minimum Gasteiger partial charge on any atom is -0.490 e. The van der Waals surface area contributed by atoms with Crippen molar-refractivity contribution in [2.24, 2.45) is 0 Å². The molecule has 1 aromatic rings. The van der Waals surface area contributed by atoms with Gasteiger partial charge < -0.3 is 15.2 Å². The van der Waals surface area contributed by atoms with Crippen molar-refractivity contribution in [2.75, 3.05) is 26.2 Å². The Hall–Kier alpha value is -1.80. The van der Waals surface area contributed by atoms with Gasteiger partial charge >= 0.3 is 6.18 Å². The van der Waals surface area contributed by atoms with Crippen LogP contribution in [0.3, 0.4) is 0 Å². The number of para-hydroxylation sites is 1. The summed E-state index contributed by atoms with van der Waals surface area (Å²) in [5.41, 5.74) is -0.877. The van der Waals surface area contributed by atoms with Crippen LogP contribution in [-0.2, 0) is 11.0 Å². The lowest BCUT2D eigenvalue weighted by molar-refractivity contribution is -0.139. The fourth-order valence-corrected chi connectivity index (χ4v) is 2.42. The number of hydrogen-bond acceptors (Lipinski definition) is 4. The Morgan fingerprint density at radius 2 is 2.13 bits per heavy atom. The Bertz CT molecular complexity index is 551. The molecule has 2 rings (SSSR count). The summed E-state index contributed by atoms with van der Waals surface area (Å²) < 4.78 is 43.7. The molecular weight excluding hydrogens is 313 g/mol. The number of amides is 1. The van der Waals surface area contributed by atoms with Gasteiger partial charge in [-0.2, -0.15) is 13.2 Å². The second kappa shape index (κ2) is 7.18. The molecule has 0 saturated carbocycles. The van der Waals surface area contributed by atoms with Gasteiger partial charge in [0.05, 0.1) is 11.6 Å². The molecule has 0 spiro atoms. The number of piperazine rings is 1. The van der Waals surface area contributed by atoms with Gasteiger partial charge in [0.1, 0.15) is 18.5 Å². The van der Waals surface area contributed by atoms with E-state index in [2.05, 4.69) is 5.32 Å². The normalized spacial score (nSPS) is 20.9. The lowest BCUT2D eigenvalue weighted by Gasteiger charge is -2.34. The number of aliphatic hydroxyl groups excluding tert-OH is 1. The summed E-state index contributed by atoms with van der Waals surface area (Å²) >= 11 is 0. The van der Waals surface area contributed by atoms with Gasteiger partial charge in [0.15, 0.2) is 0 Å². The van der Waals surface area contributed by atoms with E-state index < -0.39 is 17.8 Å². The zero-order chi connectivity index (χ0) is 17.0. The first-order valence-corrected chi connectivity index (χ1v) is 7.28. The summed E-state index contributed by atoms with van der Waals surface area (Å²) in [6, 6.07) is 4.47. The van der Waals surface area contributed by atoms with Crippen molar-refractivity contribution in [1.82, 2.24) is 10.2 Å². The van der Waals surface area contributed by atoms with Crippen molar-refractivity contribution in [3.8, 4) is 5.75 Å². The van der Waals surface area contributed by atoms with Crippen LogP contribution < -0.4 is 10.1 Å². The van der Waals surface area contributed by atoms with Gasteiger partial charge in [-0.15, -0.1) is 0 Å². The van der Waals surface area contributed by atoms with Gasteiger partial charge in [0.2, 0.25) is 5.91 Å². The molecule has 0 aliphatic carbocycles. The number of rotatable bonds is 5. The lowest BCUT2D eigenvalue weighted by Crippen LogP contribution is -2.55. The van der Waals surface area contributed by atoms with E-state index in [-0.39, 0.29) is 30.9 Å². The zero-order valence-electron chi connectivity index (χ0n) is 12.6. The number of ether oxygens (including phenoxy) is 1. The van der Waals surface area contributed by atoms with Gasteiger partial charge in [-0.25, -0.2) is 0 Å². The highest BCUT2D eigenvalue weighted by molar-refractivity contribution is 5.81. The second-order valence-electron chi connectivity index (χ2n) is 5.42. The van der Waals surface area contributed by atoms with Crippen molar-refractivity contribution in [1.29, 1.82) is 0 Å². The molecule has 8 heteroatoms. The quantitative estimate of drug-likeness (QED) is 0.852. The Morgan fingerprint density at radius 1 is 1.43 bits per heavy atom. The van der Waals surface area contributed by atoms with E-state index in [1.165, 1.54) is 18.2 Å². The van der Waals surface area contributed by atoms with Crippen LogP contribution in [0.15, 0.2) is 24.3 Å². The van der Waals surface area contributed by atoms with Crippen molar-refractivity contribution in [3.05, 3.63) is 29.8 Å². The van der Waals surface area contributed by atoms with Crippen LogP contribution >= 0.6 is 0 Å². The van der Waals surface area contributed by atoms with E-state index in [0.29, 0.717) is 13.1 Å². The first-order chi connectivity index (χ1) is 10.8. The van der Waals surface area contributed by atoms with E-state index >= 15 is 0 Å². The number of nitrogens with one attached hydrogen (secondary N) is 1. The molecule has 1 saturated heterocycles. The smallest absolute Gasteiger partial charge is 0.419 e. The first-order valence-electron chi connectivity index (χ1n) is 7.28. The highest BCUT2D eigenvalue weighted by atomic mass is 19.4. The molecule has 0 radical (unpaired) electrons. The Labute approximate surface area is 132 Å². The number of hydrogen-bond donors (Lipinski definition) is 2. The summed E-state index contributed by atoms with van der Waals surface area (Å²) in [7, 11) is 0. The predicted molar refractivity (Wildman–Crippen MR) is 77.0 cm³/mol. The molecule has 128 valence electrons. The second-order valence-corrected chi connectivity index (χ2v) is 5.42. The van der Waals surface area contributed by atoms with Crippen LogP contribution in [0, 0.1) is 0 Å². The van der Waals surface area contributed by atoms with Crippen LogP contribution in [0.5, 0.6) is 5.75 Å². The summed E-state index contributed by atoms with van der Waals surface area (Å²) in [4.78, 5) is 13.3. The van der Waals surface area contributed by atoms with Crippen LogP contribution in [0.1, 0.15) is 12.5 Å². The minimum atomic E-state index is -4.51. The zero-order valence-corrected chi connectivity index (χ0v) is 12.6. The van der Waals surface area contributed by atoms with Crippen LogP contribution in [0.2, 0.25) is 0 Å². The van der Waals surface area contributed by atoms with E-state index in [9.17, 15) is 23.1 Å². The molecule has 1 aliphatic rings. The molecule has 0 aromatic heterocycles. The maximum Gasteiger partial charge on any atom is 0.419 e. The molecule has 1 fully saturated rings. The molecule has 2 N–H and O–H groups in total. The van der Waals surface area contributed by atoms with E-state index in [1.807, 2.05) is 0 Å². The summed E-state index contributed by atoms with van der Waals surface area (Å²) in [6.07, 6.45) is -5.51. The molecule has 2 atom stereocenters. The third kappa shape index (κ3) is 4.59. The maximum absolute atomic E-state index is 12.8. The Kier molecular flexibility index (Phi) is 5.48. The van der Waals surface area contributed by atoms with Crippen molar-refractivity contribution in [2.45, 2.75) is 25.2 Å². The summed E-state index contributed by atoms with van der Waals surface area (Å²) in [5, 5.41) is 12.7. The average molecular weight is 332 g/mol. The molecule has 1 amide bonds. The van der Waals surface area contributed by atoms with Crippen LogP contribution in [0.25, 0.3) is 0 Å². The number of nitrogens with zero attached hydrogens (tertiary/aromatic N) is 1. The maximum atomic E-state index is 12.8. The van der Waals surface area contributed by atoms with Gasteiger partial charge in [-0.3, -0.25) is 9.69 Å². The monoisotopic (exact) mass is 332 g/mol.